The maximum absolute atomic E-state index is 9.11. The summed E-state index contributed by atoms with van der Waals surface area (Å²) in [5.41, 5.74) is 6.47. The van der Waals surface area contributed by atoms with Gasteiger partial charge in [-0.05, 0) is 17.5 Å². The van der Waals surface area contributed by atoms with E-state index in [1.165, 1.54) is 0 Å². The van der Waals surface area contributed by atoms with Crippen LogP contribution in [-0.2, 0) is 0 Å². The predicted octanol–water partition coefficient (Wildman–Crippen LogP) is 0.452. The molecular formula is C8H8BNO2S2. The molecular weight excluding hydrogens is 217 g/mol. The Balaban J connectivity index is 2.82. The van der Waals surface area contributed by atoms with Gasteiger partial charge in [0.05, 0.1) is 0 Å². The molecule has 0 unspecified atom stereocenters. The molecule has 0 spiro atoms. The SMILES string of the molecule is Nc1c(B(O)O)c(S)cc2sccc12. The number of nitrogen functional groups attached to an aromatic ring is 1. The van der Waals surface area contributed by atoms with Crippen molar-refractivity contribution in [1.82, 2.24) is 0 Å². The van der Waals surface area contributed by atoms with Crippen molar-refractivity contribution in [3.8, 4) is 0 Å². The highest BCUT2D eigenvalue weighted by molar-refractivity contribution is 7.80. The molecule has 0 atom stereocenters. The number of hydrogen-bond acceptors (Lipinski definition) is 5. The van der Waals surface area contributed by atoms with Gasteiger partial charge in [-0.2, -0.15) is 0 Å². The topological polar surface area (TPSA) is 66.5 Å². The van der Waals surface area contributed by atoms with Gasteiger partial charge in [-0.3, -0.25) is 0 Å². The average Bonchev–Trinajstić information content (AvgIpc) is 2.50. The molecule has 0 aliphatic heterocycles. The molecule has 1 heterocycles. The van der Waals surface area contributed by atoms with Crippen molar-refractivity contribution in [2.24, 2.45) is 0 Å². The van der Waals surface area contributed by atoms with Gasteiger partial charge in [0.1, 0.15) is 0 Å². The van der Waals surface area contributed by atoms with Crippen molar-refractivity contribution in [1.29, 1.82) is 0 Å². The lowest BCUT2D eigenvalue weighted by Gasteiger charge is -2.08. The van der Waals surface area contributed by atoms with E-state index in [0.29, 0.717) is 10.6 Å². The van der Waals surface area contributed by atoms with E-state index in [1.54, 1.807) is 17.4 Å². The van der Waals surface area contributed by atoms with Crippen LogP contribution in [0.5, 0.6) is 0 Å². The molecule has 0 fully saturated rings. The minimum atomic E-state index is -1.58. The minimum Gasteiger partial charge on any atom is -0.423 e. The molecule has 0 saturated heterocycles. The molecule has 0 saturated carbocycles. The number of anilines is 1. The maximum atomic E-state index is 9.11. The number of nitrogens with two attached hydrogens (primary N) is 1. The summed E-state index contributed by atoms with van der Waals surface area (Å²) in [6.07, 6.45) is 0. The van der Waals surface area contributed by atoms with Crippen molar-refractivity contribution >= 4 is 52.3 Å². The van der Waals surface area contributed by atoms with E-state index in [0.717, 1.165) is 10.1 Å². The highest BCUT2D eigenvalue weighted by atomic mass is 32.1. The monoisotopic (exact) mass is 225 g/mol. The summed E-state index contributed by atoms with van der Waals surface area (Å²) < 4.78 is 0.997. The normalized spacial score (nSPS) is 10.8. The van der Waals surface area contributed by atoms with Crippen LogP contribution < -0.4 is 11.2 Å². The maximum Gasteiger partial charge on any atom is 0.491 e. The number of rotatable bonds is 1. The van der Waals surface area contributed by atoms with Crippen molar-refractivity contribution in [3.05, 3.63) is 17.5 Å². The summed E-state index contributed by atoms with van der Waals surface area (Å²) in [5, 5.41) is 21.0. The van der Waals surface area contributed by atoms with E-state index in [4.69, 9.17) is 15.8 Å². The van der Waals surface area contributed by atoms with Crippen molar-refractivity contribution in [2.45, 2.75) is 4.90 Å². The Labute approximate surface area is 90.7 Å². The van der Waals surface area contributed by atoms with Gasteiger partial charge in [0.2, 0.25) is 0 Å². The molecule has 72 valence electrons. The molecule has 0 aliphatic carbocycles. The smallest absolute Gasteiger partial charge is 0.423 e. The Morgan fingerprint density at radius 3 is 2.79 bits per heavy atom. The third kappa shape index (κ3) is 1.40. The second-order valence-electron chi connectivity index (χ2n) is 2.93. The van der Waals surface area contributed by atoms with Crippen LogP contribution in [0.1, 0.15) is 0 Å². The number of benzene rings is 1. The van der Waals surface area contributed by atoms with Gasteiger partial charge < -0.3 is 15.8 Å². The molecule has 1 aromatic heterocycles. The van der Waals surface area contributed by atoms with E-state index >= 15 is 0 Å². The lowest BCUT2D eigenvalue weighted by molar-refractivity contribution is 0.425. The fraction of sp³-hybridized carbons (Fsp3) is 0. The van der Waals surface area contributed by atoms with Gasteiger partial charge in [-0.15, -0.1) is 24.0 Å². The number of thiophene rings is 1. The van der Waals surface area contributed by atoms with E-state index < -0.39 is 7.12 Å². The van der Waals surface area contributed by atoms with Gasteiger partial charge in [-0.1, -0.05) is 0 Å². The van der Waals surface area contributed by atoms with Crippen LogP contribution >= 0.6 is 24.0 Å². The van der Waals surface area contributed by atoms with E-state index in [-0.39, 0.29) is 5.46 Å². The minimum absolute atomic E-state index is 0.277. The van der Waals surface area contributed by atoms with Crippen LogP contribution in [-0.4, -0.2) is 17.2 Å². The first-order valence-electron chi connectivity index (χ1n) is 3.96. The summed E-state index contributed by atoms with van der Waals surface area (Å²) in [5.74, 6) is 0. The molecule has 14 heavy (non-hydrogen) atoms. The van der Waals surface area contributed by atoms with E-state index in [9.17, 15) is 0 Å². The first-order valence-corrected chi connectivity index (χ1v) is 5.28. The number of hydrogen-bond donors (Lipinski definition) is 4. The van der Waals surface area contributed by atoms with Crippen LogP contribution in [0, 0.1) is 0 Å². The lowest BCUT2D eigenvalue weighted by Crippen LogP contribution is -2.33. The van der Waals surface area contributed by atoms with E-state index in [1.807, 2.05) is 11.4 Å². The highest BCUT2D eigenvalue weighted by Crippen LogP contribution is 2.27. The second-order valence-corrected chi connectivity index (χ2v) is 4.36. The number of thiol groups is 1. The zero-order valence-electron chi connectivity index (χ0n) is 7.14. The Morgan fingerprint density at radius 2 is 2.14 bits per heavy atom. The zero-order valence-corrected chi connectivity index (χ0v) is 8.85. The third-order valence-corrected chi connectivity index (χ3v) is 3.31. The van der Waals surface area contributed by atoms with Crippen LogP contribution in [0.2, 0.25) is 0 Å². The Hall–Kier alpha value is -0.685. The fourth-order valence-electron chi connectivity index (χ4n) is 1.41. The van der Waals surface area contributed by atoms with Crippen molar-refractivity contribution < 1.29 is 10.0 Å². The molecule has 6 heteroatoms. The zero-order chi connectivity index (χ0) is 10.3. The largest absolute Gasteiger partial charge is 0.491 e. The molecule has 2 rings (SSSR count). The summed E-state index contributed by atoms with van der Waals surface area (Å²) >= 11 is 5.71. The highest BCUT2D eigenvalue weighted by Gasteiger charge is 2.20. The van der Waals surface area contributed by atoms with E-state index in [2.05, 4.69) is 12.6 Å². The van der Waals surface area contributed by atoms with Crippen LogP contribution in [0.15, 0.2) is 22.4 Å². The summed E-state index contributed by atoms with van der Waals surface area (Å²) in [4.78, 5) is 0.507. The van der Waals surface area contributed by atoms with Gasteiger partial charge in [0.25, 0.3) is 0 Å². The standard InChI is InChI=1S/C8H8BNO2S2/c10-8-4-1-2-14-6(4)3-5(13)7(8)9(11)12/h1-3,11-13H,10H2. The summed E-state index contributed by atoms with van der Waals surface area (Å²) in [6.45, 7) is 0. The van der Waals surface area contributed by atoms with Gasteiger partial charge in [0.15, 0.2) is 0 Å². The number of fused-ring (bicyclic) bond motifs is 1. The first-order chi connectivity index (χ1) is 6.61. The third-order valence-electron chi connectivity index (χ3n) is 2.08. The Morgan fingerprint density at radius 1 is 1.43 bits per heavy atom. The second kappa shape index (κ2) is 3.47. The summed E-state index contributed by atoms with van der Waals surface area (Å²) in [6, 6.07) is 3.64. The molecule has 2 aromatic rings. The van der Waals surface area contributed by atoms with Gasteiger partial charge in [-0.25, -0.2) is 0 Å². The molecule has 0 bridgehead atoms. The Kier molecular flexibility index (Phi) is 2.44. The molecule has 4 N–H and O–H groups in total. The lowest BCUT2D eigenvalue weighted by atomic mass is 9.78. The summed E-state index contributed by atoms with van der Waals surface area (Å²) in [7, 11) is -1.58. The van der Waals surface area contributed by atoms with Gasteiger partial charge >= 0.3 is 7.12 Å². The quantitative estimate of drug-likeness (QED) is 0.323. The molecule has 0 aliphatic rings. The average molecular weight is 225 g/mol. The molecule has 0 amide bonds. The van der Waals surface area contributed by atoms with Crippen molar-refractivity contribution in [3.63, 3.8) is 0 Å². The fourth-order valence-corrected chi connectivity index (χ4v) is 2.71. The molecule has 0 radical (unpaired) electrons. The first kappa shape index (κ1) is 9.85. The van der Waals surface area contributed by atoms with Crippen LogP contribution in [0.3, 0.4) is 0 Å². The molecule has 1 aromatic carbocycles. The van der Waals surface area contributed by atoms with Crippen LogP contribution in [0.4, 0.5) is 5.69 Å². The Bertz CT molecular complexity index is 483. The van der Waals surface area contributed by atoms with Crippen molar-refractivity contribution in [2.75, 3.05) is 5.73 Å². The van der Waals surface area contributed by atoms with Gasteiger partial charge in [0, 0.05) is 26.1 Å². The molecule has 3 nitrogen and oxygen atoms in total. The predicted molar refractivity (Wildman–Crippen MR) is 63.3 cm³/mol. The van der Waals surface area contributed by atoms with Crippen LogP contribution in [0.25, 0.3) is 10.1 Å².